The predicted octanol–water partition coefficient (Wildman–Crippen LogP) is -0.768. The van der Waals surface area contributed by atoms with Crippen LogP contribution in [0.25, 0.3) is 0 Å². The highest BCUT2D eigenvalue weighted by Crippen LogP contribution is 2.06. The molecule has 0 spiro atoms. The highest BCUT2D eigenvalue weighted by molar-refractivity contribution is 7.90. The maximum Gasteiger partial charge on any atom is 0.240 e. The lowest BCUT2D eigenvalue weighted by molar-refractivity contribution is 0.560. The van der Waals surface area contributed by atoms with E-state index in [2.05, 4.69) is 9.44 Å². The van der Waals surface area contributed by atoms with Crippen molar-refractivity contribution in [3.8, 4) is 0 Å². The molecule has 0 heterocycles. The fourth-order valence-corrected chi connectivity index (χ4v) is 3.79. The van der Waals surface area contributed by atoms with Gasteiger partial charge in [0.05, 0.1) is 10.6 Å². The molecule has 0 aliphatic heterocycles. The van der Waals surface area contributed by atoms with Crippen LogP contribution in [-0.4, -0.2) is 41.7 Å². The van der Waals surface area contributed by atoms with Crippen LogP contribution in [0.3, 0.4) is 0 Å². The summed E-state index contributed by atoms with van der Waals surface area (Å²) in [5.41, 5.74) is 5.31. The van der Waals surface area contributed by atoms with Gasteiger partial charge in [-0.05, 0) is 19.1 Å². The Morgan fingerprint density at radius 2 is 1.75 bits per heavy atom. The molecule has 1 aromatic carbocycles. The summed E-state index contributed by atoms with van der Waals surface area (Å²) < 4.78 is 51.5. The minimum Gasteiger partial charge on any atom is -0.329 e. The van der Waals surface area contributed by atoms with Crippen molar-refractivity contribution >= 4 is 20.0 Å². The molecule has 9 heteroatoms. The van der Waals surface area contributed by atoms with Crippen LogP contribution < -0.4 is 15.2 Å². The molecule has 0 aliphatic carbocycles. The van der Waals surface area contributed by atoms with E-state index < -0.39 is 20.0 Å². The molecule has 0 saturated heterocycles. The lowest BCUT2D eigenvalue weighted by atomic mass is 10.4. The Balaban J connectivity index is 2.56. The molecule has 0 radical (unpaired) electrons. The number of hydrogen-bond donors (Lipinski definition) is 3. The summed E-state index contributed by atoms with van der Waals surface area (Å²) in [5.74, 6) is -0.344. The Kier molecular flexibility index (Phi) is 6.08. The van der Waals surface area contributed by atoms with Crippen LogP contribution in [-0.2, 0) is 20.0 Å². The number of rotatable bonds is 8. The molecule has 7 nitrogen and oxygen atoms in total. The van der Waals surface area contributed by atoms with Gasteiger partial charge in [-0.1, -0.05) is 18.2 Å². The molecule has 0 amide bonds. The van der Waals surface area contributed by atoms with Crippen molar-refractivity contribution in [2.45, 2.75) is 17.9 Å². The van der Waals surface area contributed by atoms with E-state index in [9.17, 15) is 16.8 Å². The summed E-state index contributed by atoms with van der Waals surface area (Å²) in [5, 5.41) is 0. The van der Waals surface area contributed by atoms with E-state index in [1.54, 1.807) is 25.1 Å². The highest BCUT2D eigenvalue weighted by atomic mass is 32.2. The molecule has 1 rings (SSSR count). The first-order valence-electron chi connectivity index (χ1n) is 6.01. The van der Waals surface area contributed by atoms with E-state index in [0.29, 0.717) is 0 Å². The van der Waals surface area contributed by atoms with Gasteiger partial charge < -0.3 is 5.73 Å². The third-order valence-corrected chi connectivity index (χ3v) is 5.43. The first-order valence-corrected chi connectivity index (χ1v) is 9.15. The van der Waals surface area contributed by atoms with Gasteiger partial charge in [-0.3, -0.25) is 0 Å². The molecule has 0 unspecified atom stereocenters. The molecule has 1 atom stereocenters. The van der Waals surface area contributed by atoms with Crippen LogP contribution >= 0.6 is 0 Å². The molecular weight excluding hydrogens is 302 g/mol. The lowest BCUT2D eigenvalue weighted by Crippen LogP contribution is -2.41. The third-order valence-electron chi connectivity index (χ3n) is 2.45. The van der Waals surface area contributed by atoms with Gasteiger partial charge in [-0.25, -0.2) is 26.3 Å². The first kappa shape index (κ1) is 17.1. The average molecular weight is 321 g/mol. The normalized spacial score (nSPS) is 14.1. The van der Waals surface area contributed by atoms with Crippen molar-refractivity contribution in [1.82, 2.24) is 9.44 Å². The van der Waals surface area contributed by atoms with Gasteiger partial charge in [-0.2, -0.15) is 0 Å². The molecule has 0 aromatic heterocycles. The summed E-state index contributed by atoms with van der Waals surface area (Å²) in [6.07, 6.45) is 0. The number of hydrogen-bond acceptors (Lipinski definition) is 5. The van der Waals surface area contributed by atoms with Gasteiger partial charge >= 0.3 is 0 Å². The van der Waals surface area contributed by atoms with Crippen molar-refractivity contribution in [3.63, 3.8) is 0 Å². The second-order valence-corrected chi connectivity index (χ2v) is 7.92. The van der Waals surface area contributed by atoms with Gasteiger partial charge in [-0.15, -0.1) is 0 Å². The summed E-state index contributed by atoms with van der Waals surface area (Å²) in [7, 11) is -7.24. The average Bonchev–Trinajstić information content (AvgIpc) is 2.38. The van der Waals surface area contributed by atoms with E-state index in [0.717, 1.165) is 0 Å². The van der Waals surface area contributed by atoms with E-state index >= 15 is 0 Å². The second kappa shape index (κ2) is 7.14. The zero-order valence-corrected chi connectivity index (χ0v) is 12.7. The smallest absolute Gasteiger partial charge is 0.240 e. The monoisotopic (exact) mass is 321 g/mol. The Morgan fingerprint density at radius 3 is 2.30 bits per heavy atom. The minimum absolute atomic E-state index is 0.0979. The zero-order chi connectivity index (χ0) is 15.2. The van der Waals surface area contributed by atoms with Gasteiger partial charge in [0.1, 0.15) is 0 Å². The first-order chi connectivity index (χ1) is 9.27. The van der Waals surface area contributed by atoms with Crippen molar-refractivity contribution in [2.75, 3.05) is 18.8 Å². The molecule has 0 bridgehead atoms. The molecule has 1 aromatic rings. The minimum atomic E-state index is -3.68. The van der Waals surface area contributed by atoms with Gasteiger partial charge in [0.2, 0.25) is 20.0 Å². The maximum atomic E-state index is 11.9. The SMILES string of the molecule is C[C@@H](CN)NS(=O)(=O)CCNS(=O)(=O)c1ccccc1. The molecule has 0 aliphatic rings. The standard InChI is InChI=1S/C11H19N3O4S2/c1-10(9-12)14-19(15,16)8-7-13-20(17,18)11-5-3-2-4-6-11/h2-6,10,13-14H,7-9,12H2,1H3/t10-/m0/s1. The molecular formula is C11H19N3O4S2. The number of nitrogens with one attached hydrogen (secondary N) is 2. The fraction of sp³-hybridized carbons (Fsp3) is 0.455. The van der Waals surface area contributed by atoms with Crippen molar-refractivity contribution in [2.24, 2.45) is 5.73 Å². The summed E-state index contributed by atoms with van der Waals surface area (Å²) in [4.78, 5) is 0.0979. The zero-order valence-electron chi connectivity index (χ0n) is 11.1. The van der Waals surface area contributed by atoms with E-state index in [1.165, 1.54) is 12.1 Å². The van der Waals surface area contributed by atoms with Crippen LogP contribution in [0.5, 0.6) is 0 Å². The van der Waals surface area contributed by atoms with Gasteiger partial charge in [0.25, 0.3) is 0 Å². The van der Waals surface area contributed by atoms with Crippen LogP contribution in [0, 0.1) is 0 Å². The maximum absolute atomic E-state index is 11.9. The fourth-order valence-electron chi connectivity index (χ4n) is 1.41. The van der Waals surface area contributed by atoms with Crippen molar-refractivity contribution in [3.05, 3.63) is 30.3 Å². The quantitative estimate of drug-likeness (QED) is 0.581. The summed E-state index contributed by atoms with van der Waals surface area (Å²) >= 11 is 0. The molecule has 0 saturated carbocycles. The van der Waals surface area contributed by atoms with E-state index in [1.807, 2.05) is 0 Å². The Bertz CT molecular complexity index is 614. The van der Waals surface area contributed by atoms with Crippen molar-refractivity contribution in [1.29, 1.82) is 0 Å². The number of benzene rings is 1. The van der Waals surface area contributed by atoms with Crippen LogP contribution in [0.15, 0.2) is 35.2 Å². The van der Waals surface area contributed by atoms with Gasteiger partial charge in [0, 0.05) is 19.1 Å². The number of nitrogens with two attached hydrogens (primary N) is 1. The lowest BCUT2D eigenvalue weighted by Gasteiger charge is -2.12. The van der Waals surface area contributed by atoms with Gasteiger partial charge in [0.15, 0.2) is 0 Å². The predicted molar refractivity (Wildman–Crippen MR) is 77.1 cm³/mol. The summed E-state index contributed by atoms with van der Waals surface area (Å²) in [6, 6.07) is 7.37. The summed E-state index contributed by atoms with van der Waals surface area (Å²) in [6.45, 7) is 1.60. The second-order valence-electron chi connectivity index (χ2n) is 4.28. The number of sulfonamides is 2. The Hall–Kier alpha value is -1.00. The molecule has 0 fully saturated rings. The molecule has 20 heavy (non-hydrogen) atoms. The van der Waals surface area contributed by atoms with Crippen LogP contribution in [0.1, 0.15) is 6.92 Å². The Labute approximate surface area is 119 Å². The topological polar surface area (TPSA) is 118 Å². The van der Waals surface area contributed by atoms with E-state index in [4.69, 9.17) is 5.73 Å². The van der Waals surface area contributed by atoms with Crippen molar-refractivity contribution < 1.29 is 16.8 Å². The molecule has 4 N–H and O–H groups in total. The highest BCUT2D eigenvalue weighted by Gasteiger charge is 2.17. The van der Waals surface area contributed by atoms with E-state index in [-0.39, 0.29) is 29.8 Å². The third kappa shape index (κ3) is 5.55. The largest absolute Gasteiger partial charge is 0.329 e. The molecule has 114 valence electrons. The van der Waals surface area contributed by atoms with Crippen LogP contribution in [0.4, 0.5) is 0 Å². The van der Waals surface area contributed by atoms with Crippen LogP contribution in [0.2, 0.25) is 0 Å². The Morgan fingerprint density at radius 1 is 1.15 bits per heavy atom.